The highest BCUT2D eigenvalue weighted by molar-refractivity contribution is 5.16. The zero-order valence-corrected chi connectivity index (χ0v) is 6.70. The van der Waals surface area contributed by atoms with Gasteiger partial charge < -0.3 is 4.74 Å². The molecule has 1 fully saturated rings. The quantitative estimate of drug-likeness (QED) is 0.471. The van der Waals surface area contributed by atoms with Gasteiger partial charge in [0.25, 0.3) is 0 Å². The lowest BCUT2D eigenvalue weighted by Crippen LogP contribution is -2.43. The van der Waals surface area contributed by atoms with Gasteiger partial charge in [0.05, 0.1) is 13.2 Å². The number of ether oxygens (including phenoxy) is 1. The van der Waals surface area contributed by atoms with Crippen molar-refractivity contribution in [2.24, 2.45) is 0 Å². The van der Waals surface area contributed by atoms with Crippen molar-refractivity contribution in [3.8, 4) is 11.8 Å². The first-order valence-electron chi connectivity index (χ1n) is 3.47. The molecule has 0 radical (unpaired) electrons. The molecule has 1 saturated heterocycles. The molecule has 0 spiro atoms. The fourth-order valence-electron chi connectivity index (χ4n) is 0.577. The molecule has 58 valence electrons. The van der Waals surface area contributed by atoms with Crippen LogP contribution in [0.15, 0.2) is 0 Å². The van der Waals surface area contributed by atoms with Crippen LogP contribution in [0.5, 0.6) is 0 Å². The fraction of sp³-hybridized carbons (Fsp3) is 0.750. The third kappa shape index (κ3) is 2.36. The fourth-order valence-corrected chi connectivity index (χ4v) is 0.577. The maximum absolute atomic E-state index is 12.6. The van der Waals surface area contributed by atoms with Crippen molar-refractivity contribution in [3.63, 3.8) is 0 Å². The molecule has 0 unspecified atom stereocenters. The smallest absolute Gasteiger partial charge is 0.216 e. The van der Waals surface area contributed by atoms with Crippen molar-refractivity contribution in [1.82, 2.24) is 0 Å². The standard InChI is InChI=1S/C6H7FO.C2H6/c1-2-3-6(7)4-8-5-6;1-2/h4-5H2,1H3;1-2H3. The Kier molecular flexibility index (Phi) is 4.06. The molecule has 0 N–H and O–H groups in total. The van der Waals surface area contributed by atoms with Crippen molar-refractivity contribution in [2.75, 3.05) is 13.2 Å². The lowest BCUT2D eigenvalue weighted by atomic mass is 10.1. The minimum Gasteiger partial charge on any atom is -0.372 e. The third-order valence-electron chi connectivity index (χ3n) is 1.01. The molecule has 2 heteroatoms. The normalized spacial score (nSPS) is 18.8. The van der Waals surface area contributed by atoms with Gasteiger partial charge in [-0.25, -0.2) is 4.39 Å². The molecule has 1 aliphatic rings. The van der Waals surface area contributed by atoms with Crippen LogP contribution in [0.25, 0.3) is 0 Å². The molecular weight excluding hydrogens is 131 g/mol. The van der Waals surface area contributed by atoms with E-state index in [1.165, 1.54) is 0 Å². The van der Waals surface area contributed by atoms with E-state index >= 15 is 0 Å². The van der Waals surface area contributed by atoms with Crippen molar-refractivity contribution in [1.29, 1.82) is 0 Å². The SMILES string of the molecule is CC.CC#CC1(F)COC1. The topological polar surface area (TPSA) is 9.23 Å². The lowest BCUT2D eigenvalue weighted by molar-refractivity contribution is -0.0934. The summed E-state index contributed by atoms with van der Waals surface area (Å²) < 4.78 is 17.2. The van der Waals surface area contributed by atoms with Gasteiger partial charge in [0.15, 0.2) is 0 Å². The number of hydrogen-bond acceptors (Lipinski definition) is 1. The molecule has 0 aromatic rings. The summed E-state index contributed by atoms with van der Waals surface area (Å²) in [6.45, 7) is 5.92. The van der Waals surface area contributed by atoms with Crippen LogP contribution in [0.2, 0.25) is 0 Å². The molecule has 1 aliphatic heterocycles. The second kappa shape index (κ2) is 4.29. The van der Waals surface area contributed by atoms with E-state index in [9.17, 15) is 4.39 Å². The average molecular weight is 144 g/mol. The van der Waals surface area contributed by atoms with Gasteiger partial charge in [-0.2, -0.15) is 0 Å². The van der Waals surface area contributed by atoms with E-state index in [4.69, 9.17) is 0 Å². The zero-order valence-electron chi connectivity index (χ0n) is 6.70. The van der Waals surface area contributed by atoms with Crippen molar-refractivity contribution < 1.29 is 9.13 Å². The Labute approximate surface area is 61.6 Å². The molecule has 0 amide bonds. The highest BCUT2D eigenvalue weighted by Crippen LogP contribution is 2.19. The third-order valence-corrected chi connectivity index (χ3v) is 1.01. The number of rotatable bonds is 0. The molecular formula is C8H13FO. The summed E-state index contributed by atoms with van der Waals surface area (Å²) in [4.78, 5) is 0. The van der Waals surface area contributed by atoms with Crippen LogP contribution in [0.4, 0.5) is 4.39 Å². The summed E-state index contributed by atoms with van der Waals surface area (Å²) >= 11 is 0. The Morgan fingerprint density at radius 1 is 1.40 bits per heavy atom. The first-order valence-corrected chi connectivity index (χ1v) is 3.47. The molecule has 0 aromatic carbocycles. The highest BCUT2D eigenvalue weighted by Gasteiger charge is 2.36. The van der Waals surface area contributed by atoms with Crippen LogP contribution in [0.1, 0.15) is 20.8 Å². The molecule has 0 aliphatic carbocycles. The van der Waals surface area contributed by atoms with E-state index in [0.717, 1.165) is 0 Å². The second-order valence-electron chi connectivity index (χ2n) is 1.83. The molecule has 0 saturated carbocycles. The Morgan fingerprint density at radius 2 is 1.90 bits per heavy atom. The summed E-state index contributed by atoms with van der Waals surface area (Å²) in [5.74, 6) is 4.92. The van der Waals surface area contributed by atoms with Gasteiger partial charge >= 0.3 is 0 Å². The highest BCUT2D eigenvalue weighted by atomic mass is 19.1. The molecule has 1 nitrogen and oxygen atoms in total. The number of alkyl halides is 1. The van der Waals surface area contributed by atoms with Crippen LogP contribution < -0.4 is 0 Å². The lowest BCUT2D eigenvalue weighted by Gasteiger charge is -2.28. The first-order chi connectivity index (χ1) is 4.77. The van der Waals surface area contributed by atoms with Crippen LogP contribution in [0, 0.1) is 11.8 Å². The number of hydrogen-bond donors (Lipinski definition) is 0. The second-order valence-corrected chi connectivity index (χ2v) is 1.83. The average Bonchev–Trinajstić information content (AvgIpc) is 1.90. The summed E-state index contributed by atoms with van der Waals surface area (Å²) in [5, 5.41) is 0. The van der Waals surface area contributed by atoms with Crippen LogP contribution in [-0.4, -0.2) is 18.9 Å². The van der Waals surface area contributed by atoms with Gasteiger partial charge in [0.2, 0.25) is 5.67 Å². The predicted octanol–water partition coefficient (Wildman–Crippen LogP) is 1.77. The van der Waals surface area contributed by atoms with E-state index in [-0.39, 0.29) is 13.2 Å². The van der Waals surface area contributed by atoms with Crippen LogP contribution in [-0.2, 0) is 4.74 Å². The molecule has 1 rings (SSSR count). The largest absolute Gasteiger partial charge is 0.372 e. The molecule has 0 atom stereocenters. The summed E-state index contributed by atoms with van der Waals surface area (Å²) in [5.41, 5.74) is -1.31. The van der Waals surface area contributed by atoms with E-state index in [1.54, 1.807) is 6.92 Å². The zero-order chi connectivity index (χ0) is 8.04. The van der Waals surface area contributed by atoms with Crippen LogP contribution in [0.3, 0.4) is 0 Å². The minimum atomic E-state index is -1.31. The Morgan fingerprint density at radius 3 is 2.00 bits per heavy atom. The molecule has 0 bridgehead atoms. The van der Waals surface area contributed by atoms with Crippen molar-refractivity contribution >= 4 is 0 Å². The van der Waals surface area contributed by atoms with Gasteiger partial charge in [-0.05, 0) is 6.92 Å². The Hall–Kier alpha value is -0.550. The van der Waals surface area contributed by atoms with Crippen LogP contribution >= 0.6 is 0 Å². The minimum absolute atomic E-state index is 0.147. The Balaban J connectivity index is 0.000000371. The van der Waals surface area contributed by atoms with E-state index in [1.807, 2.05) is 13.8 Å². The van der Waals surface area contributed by atoms with Crippen molar-refractivity contribution in [3.05, 3.63) is 0 Å². The summed E-state index contributed by atoms with van der Waals surface area (Å²) in [7, 11) is 0. The van der Waals surface area contributed by atoms with Gasteiger partial charge in [0, 0.05) is 0 Å². The maximum atomic E-state index is 12.6. The summed E-state index contributed by atoms with van der Waals surface area (Å²) in [6, 6.07) is 0. The van der Waals surface area contributed by atoms with Gasteiger partial charge in [-0.3, -0.25) is 0 Å². The van der Waals surface area contributed by atoms with E-state index in [0.29, 0.717) is 0 Å². The van der Waals surface area contributed by atoms with E-state index in [2.05, 4.69) is 16.6 Å². The van der Waals surface area contributed by atoms with Gasteiger partial charge in [-0.1, -0.05) is 19.8 Å². The summed E-state index contributed by atoms with van der Waals surface area (Å²) in [6.07, 6.45) is 0. The van der Waals surface area contributed by atoms with E-state index < -0.39 is 5.67 Å². The molecule has 10 heavy (non-hydrogen) atoms. The van der Waals surface area contributed by atoms with Crippen molar-refractivity contribution in [2.45, 2.75) is 26.4 Å². The maximum Gasteiger partial charge on any atom is 0.216 e. The molecule has 1 heterocycles. The van der Waals surface area contributed by atoms with Gasteiger partial charge in [-0.15, -0.1) is 5.92 Å². The van der Waals surface area contributed by atoms with Gasteiger partial charge in [0.1, 0.15) is 0 Å². The first kappa shape index (κ1) is 9.45. The monoisotopic (exact) mass is 144 g/mol. The molecule has 0 aromatic heterocycles. The predicted molar refractivity (Wildman–Crippen MR) is 39.5 cm³/mol. The Bertz CT molecular complexity index is 139. The number of halogens is 1.